The second-order valence-corrected chi connectivity index (χ2v) is 7.85. The Bertz CT molecular complexity index is 1130. The summed E-state index contributed by atoms with van der Waals surface area (Å²) in [5.41, 5.74) is 3.57. The van der Waals surface area contributed by atoms with Crippen LogP contribution in [0.3, 0.4) is 0 Å². The molecule has 0 spiro atoms. The van der Waals surface area contributed by atoms with E-state index in [1.807, 2.05) is 26.0 Å². The van der Waals surface area contributed by atoms with Crippen molar-refractivity contribution >= 4 is 34.2 Å². The van der Waals surface area contributed by atoms with Gasteiger partial charge in [0, 0.05) is 29.4 Å². The average Bonchev–Trinajstić information content (AvgIpc) is 2.82. The number of aromatic nitrogens is 3. The number of amides is 1. The smallest absolute Gasteiger partial charge is 0.278 e. The number of carbonyl (C=O) groups is 1. The van der Waals surface area contributed by atoms with Crippen molar-refractivity contribution < 1.29 is 4.79 Å². The molecule has 1 amide bonds. The van der Waals surface area contributed by atoms with Crippen molar-refractivity contribution in [3.8, 4) is 0 Å². The van der Waals surface area contributed by atoms with Crippen molar-refractivity contribution in [3.63, 3.8) is 0 Å². The molecule has 0 saturated heterocycles. The molecule has 28 heavy (non-hydrogen) atoms. The molecule has 4 rings (SSSR count). The van der Waals surface area contributed by atoms with Crippen molar-refractivity contribution in [1.82, 2.24) is 14.1 Å². The van der Waals surface area contributed by atoms with E-state index in [9.17, 15) is 9.59 Å². The number of nitrogens with zero attached hydrogens (tertiary/aromatic N) is 3. The number of rotatable bonds is 3. The highest BCUT2D eigenvalue weighted by atomic mass is 35.5. The first-order valence-electron chi connectivity index (χ1n) is 9.59. The highest BCUT2D eigenvalue weighted by Gasteiger charge is 2.19. The molecule has 0 aliphatic carbocycles. The van der Waals surface area contributed by atoms with Crippen LogP contribution < -0.4 is 10.9 Å². The Hall–Kier alpha value is -2.60. The summed E-state index contributed by atoms with van der Waals surface area (Å²) in [4.78, 5) is 30.6. The first kappa shape index (κ1) is 18.7. The van der Waals surface area contributed by atoms with Crippen LogP contribution in [0, 0.1) is 13.8 Å². The van der Waals surface area contributed by atoms with Gasteiger partial charge in [-0.3, -0.25) is 14.2 Å². The first-order valence-corrected chi connectivity index (χ1v) is 9.97. The normalized spacial score (nSPS) is 14.0. The molecule has 0 saturated carbocycles. The van der Waals surface area contributed by atoms with Gasteiger partial charge in [-0.25, -0.2) is 4.98 Å². The van der Waals surface area contributed by atoms with Gasteiger partial charge in [0.15, 0.2) is 0 Å². The number of fused-ring (bicyclic) bond motifs is 2. The molecule has 1 aromatic carbocycles. The second kappa shape index (κ2) is 7.43. The van der Waals surface area contributed by atoms with Crippen LogP contribution in [0.25, 0.3) is 11.0 Å². The van der Waals surface area contributed by atoms with E-state index in [0.717, 1.165) is 42.8 Å². The molecule has 3 heterocycles. The van der Waals surface area contributed by atoms with Gasteiger partial charge < -0.3 is 9.88 Å². The highest BCUT2D eigenvalue weighted by Crippen LogP contribution is 2.21. The summed E-state index contributed by atoms with van der Waals surface area (Å²) in [6.07, 6.45) is 3.96. The van der Waals surface area contributed by atoms with Crippen molar-refractivity contribution in [2.75, 3.05) is 5.32 Å². The zero-order valence-corrected chi connectivity index (χ0v) is 16.8. The molecule has 2 aromatic heterocycles. The minimum absolute atomic E-state index is 0.0531. The van der Waals surface area contributed by atoms with Crippen molar-refractivity contribution in [3.05, 3.63) is 56.7 Å². The van der Waals surface area contributed by atoms with Crippen LogP contribution in [0.1, 0.15) is 36.3 Å². The monoisotopic (exact) mass is 398 g/mol. The van der Waals surface area contributed by atoms with Gasteiger partial charge in [0.1, 0.15) is 17.9 Å². The molecular formula is C21H23ClN4O2. The van der Waals surface area contributed by atoms with Crippen LogP contribution in [0.5, 0.6) is 0 Å². The van der Waals surface area contributed by atoms with Gasteiger partial charge >= 0.3 is 0 Å². The maximum atomic E-state index is 13.2. The third-order valence-corrected chi connectivity index (χ3v) is 5.59. The van der Waals surface area contributed by atoms with Crippen LogP contribution in [-0.4, -0.2) is 20.0 Å². The van der Waals surface area contributed by atoms with E-state index in [2.05, 4.69) is 5.32 Å². The Morgan fingerprint density at radius 3 is 2.86 bits per heavy atom. The summed E-state index contributed by atoms with van der Waals surface area (Å²) >= 11 is 6.04. The van der Waals surface area contributed by atoms with Crippen LogP contribution in [-0.2, 0) is 24.3 Å². The average molecular weight is 399 g/mol. The van der Waals surface area contributed by atoms with E-state index in [-0.39, 0.29) is 18.0 Å². The number of halogens is 1. The molecule has 146 valence electrons. The minimum Gasteiger partial charge on any atom is -0.330 e. The molecule has 0 radical (unpaired) electrons. The number of hydrogen-bond acceptors (Lipinski definition) is 3. The fourth-order valence-corrected chi connectivity index (χ4v) is 4.00. The molecule has 0 bridgehead atoms. The molecule has 0 fully saturated rings. The zero-order valence-electron chi connectivity index (χ0n) is 16.1. The minimum atomic E-state index is -0.203. The second-order valence-electron chi connectivity index (χ2n) is 7.41. The Balaban J connectivity index is 1.69. The molecule has 0 unspecified atom stereocenters. The van der Waals surface area contributed by atoms with Gasteiger partial charge in [-0.1, -0.05) is 24.1 Å². The Kier molecular flexibility index (Phi) is 4.98. The number of anilines is 1. The molecular weight excluding hydrogens is 376 g/mol. The number of carbonyl (C=O) groups excluding carboxylic acids is 1. The van der Waals surface area contributed by atoms with E-state index in [0.29, 0.717) is 28.3 Å². The van der Waals surface area contributed by atoms with E-state index in [4.69, 9.17) is 16.6 Å². The van der Waals surface area contributed by atoms with Gasteiger partial charge in [0.25, 0.3) is 5.56 Å². The lowest BCUT2D eigenvalue weighted by atomic mass is 10.2. The van der Waals surface area contributed by atoms with Crippen LogP contribution in [0.2, 0.25) is 5.02 Å². The summed E-state index contributed by atoms with van der Waals surface area (Å²) in [6, 6.07) is 7.26. The summed E-state index contributed by atoms with van der Waals surface area (Å²) < 4.78 is 3.54. The lowest BCUT2D eigenvalue weighted by molar-refractivity contribution is -0.116. The zero-order chi connectivity index (χ0) is 19.8. The van der Waals surface area contributed by atoms with Crippen LogP contribution >= 0.6 is 11.6 Å². The predicted molar refractivity (Wildman–Crippen MR) is 111 cm³/mol. The SMILES string of the molecule is Cc1ccc(Cl)cc1NC(=O)Cn1c(C)cc2nc3n(c(=O)c21)CCCCC3. The fraction of sp³-hybridized carbons (Fsp3) is 0.381. The molecule has 1 aliphatic heterocycles. The standard InChI is InChI=1S/C21H23ClN4O2/c1-13-7-8-15(22)11-16(13)24-19(27)12-26-14(2)10-17-20(26)21(28)25-9-5-3-4-6-18(25)23-17/h7-8,10-11H,3-6,9,12H2,1-2H3,(H,24,27). The lowest BCUT2D eigenvalue weighted by Crippen LogP contribution is -2.28. The van der Waals surface area contributed by atoms with Crippen molar-refractivity contribution in [2.24, 2.45) is 0 Å². The molecule has 1 N–H and O–H groups in total. The summed E-state index contributed by atoms with van der Waals surface area (Å²) in [5, 5.41) is 3.46. The molecule has 0 atom stereocenters. The molecule has 6 nitrogen and oxygen atoms in total. The molecule has 3 aromatic rings. The maximum Gasteiger partial charge on any atom is 0.278 e. The molecule has 7 heteroatoms. The van der Waals surface area contributed by atoms with Gasteiger partial charge in [-0.2, -0.15) is 0 Å². The number of nitrogens with one attached hydrogen (secondary N) is 1. The number of hydrogen-bond donors (Lipinski definition) is 1. The van der Waals surface area contributed by atoms with E-state index < -0.39 is 0 Å². The maximum absolute atomic E-state index is 13.2. The van der Waals surface area contributed by atoms with Gasteiger partial charge in [-0.05, 0) is 50.5 Å². The van der Waals surface area contributed by atoms with Crippen molar-refractivity contribution in [1.29, 1.82) is 0 Å². The van der Waals surface area contributed by atoms with Crippen LogP contribution in [0.4, 0.5) is 5.69 Å². The Morgan fingerprint density at radius 1 is 1.21 bits per heavy atom. The van der Waals surface area contributed by atoms with Gasteiger partial charge in [0.2, 0.25) is 5.91 Å². The van der Waals surface area contributed by atoms with E-state index in [1.165, 1.54) is 0 Å². The van der Waals surface area contributed by atoms with E-state index >= 15 is 0 Å². The first-order chi connectivity index (χ1) is 13.4. The lowest BCUT2D eigenvalue weighted by Gasteiger charge is -2.13. The van der Waals surface area contributed by atoms with Crippen molar-refractivity contribution in [2.45, 2.75) is 52.6 Å². The fourth-order valence-electron chi connectivity index (χ4n) is 3.83. The quantitative estimate of drug-likeness (QED) is 0.728. The van der Waals surface area contributed by atoms with Crippen LogP contribution in [0.15, 0.2) is 29.1 Å². The predicted octanol–water partition coefficient (Wildman–Crippen LogP) is 3.83. The molecule has 1 aliphatic rings. The third kappa shape index (κ3) is 3.44. The summed E-state index contributed by atoms with van der Waals surface area (Å²) in [6.45, 7) is 4.55. The Morgan fingerprint density at radius 2 is 2.04 bits per heavy atom. The highest BCUT2D eigenvalue weighted by molar-refractivity contribution is 6.31. The van der Waals surface area contributed by atoms with E-state index in [1.54, 1.807) is 21.3 Å². The third-order valence-electron chi connectivity index (χ3n) is 5.35. The summed E-state index contributed by atoms with van der Waals surface area (Å²) in [7, 11) is 0. The summed E-state index contributed by atoms with van der Waals surface area (Å²) in [5.74, 6) is 0.650. The topological polar surface area (TPSA) is 68.9 Å². The number of benzene rings is 1. The van der Waals surface area contributed by atoms with Gasteiger partial charge in [0.05, 0.1) is 5.52 Å². The largest absolute Gasteiger partial charge is 0.330 e. The number of aryl methyl sites for hydroxylation is 3. The Labute approximate surface area is 168 Å². The van der Waals surface area contributed by atoms with Gasteiger partial charge in [-0.15, -0.1) is 0 Å².